The van der Waals surface area contributed by atoms with Crippen molar-refractivity contribution in [2.45, 2.75) is 6.92 Å². The van der Waals surface area contributed by atoms with Crippen molar-refractivity contribution >= 4 is 0 Å². The Kier molecular flexibility index (Phi) is 1.63. The van der Waals surface area contributed by atoms with Crippen LogP contribution in [0.5, 0.6) is 0 Å². The highest BCUT2D eigenvalue weighted by molar-refractivity contribution is 5.23. The first kappa shape index (κ1) is 7.03. The molecule has 0 aliphatic heterocycles. The lowest BCUT2D eigenvalue weighted by atomic mass is 10.4. The summed E-state index contributed by atoms with van der Waals surface area (Å²) in [5.74, 6) is 0.910. The molecule has 2 rings (SSSR count). The predicted octanol–water partition coefficient (Wildman–Crippen LogP) is 1.58. The fraction of sp³-hybridized carbons (Fsp3) is 0.111. The molecule has 0 N–H and O–H groups in total. The number of aromatic nitrogens is 3. The highest BCUT2D eigenvalue weighted by Gasteiger charge is 1.98. The zero-order valence-corrected chi connectivity index (χ0v) is 6.81. The summed E-state index contributed by atoms with van der Waals surface area (Å²) in [7, 11) is 0. The zero-order chi connectivity index (χ0) is 8.39. The second-order valence-corrected chi connectivity index (χ2v) is 2.59. The molecular weight excluding hydrogens is 150 g/mol. The van der Waals surface area contributed by atoms with E-state index in [0.717, 1.165) is 11.5 Å². The van der Waals surface area contributed by atoms with E-state index in [2.05, 4.69) is 9.97 Å². The highest BCUT2D eigenvalue weighted by atomic mass is 15.1. The summed E-state index contributed by atoms with van der Waals surface area (Å²) in [6, 6.07) is 5.81. The first-order valence-electron chi connectivity index (χ1n) is 3.78. The van der Waals surface area contributed by atoms with Gasteiger partial charge in [-0.05, 0) is 19.1 Å². The van der Waals surface area contributed by atoms with Gasteiger partial charge in [-0.25, -0.2) is 9.97 Å². The summed E-state index contributed by atoms with van der Waals surface area (Å²) in [4.78, 5) is 8.23. The summed E-state index contributed by atoms with van der Waals surface area (Å²) < 4.78 is 1.94. The van der Waals surface area contributed by atoms with Gasteiger partial charge < -0.3 is 0 Å². The number of nitrogens with zero attached hydrogens (tertiary/aromatic N) is 3. The minimum Gasteiger partial charge on any atom is -0.288 e. The average molecular weight is 159 g/mol. The molecule has 0 aromatic carbocycles. The largest absolute Gasteiger partial charge is 0.288 e. The van der Waals surface area contributed by atoms with E-state index < -0.39 is 0 Å². The first-order chi connectivity index (χ1) is 5.88. The van der Waals surface area contributed by atoms with E-state index in [-0.39, 0.29) is 0 Å². The number of rotatable bonds is 1. The van der Waals surface area contributed by atoms with Crippen LogP contribution in [0.25, 0.3) is 5.82 Å². The van der Waals surface area contributed by atoms with Crippen molar-refractivity contribution in [2.24, 2.45) is 0 Å². The number of aryl methyl sites for hydroxylation is 1. The second-order valence-electron chi connectivity index (χ2n) is 2.59. The van der Waals surface area contributed by atoms with Crippen molar-refractivity contribution in [1.29, 1.82) is 0 Å². The molecule has 2 aromatic heterocycles. The monoisotopic (exact) mass is 159 g/mol. The van der Waals surface area contributed by atoms with Gasteiger partial charge >= 0.3 is 0 Å². The normalized spacial score (nSPS) is 10.1. The summed E-state index contributed by atoms with van der Waals surface area (Å²) in [5.41, 5.74) is 1.09. The Morgan fingerprint density at radius 1 is 1.33 bits per heavy atom. The maximum Gasteiger partial charge on any atom is 0.137 e. The van der Waals surface area contributed by atoms with E-state index in [1.807, 2.05) is 35.9 Å². The van der Waals surface area contributed by atoms with Crippen molar-refractivity contribution in [3.8, 4) is 5.82 Å². The summed E-state index contributed by atoms with van der Waals surface area (Å²) in [6.07, 6.45) is 5.35. The standard InChI is InChI=1S/C9H9N3/c1-8-6-10-7-12(8)9-4-2-3-5-11-9/h2-7H,1H3. The van der Waals surface area contributed by atoms with Crippen LogP contribution < -0.4 is 0 Å². The quantitative estimate of drug-likeness (QED) is 0.632. The van der Waals surface area contributed by atoms with Gasteiger partial charge in [-0.2, -0.15) is 0 Å². The van der Waals surface area contributed by atoms with Crippen LogP contribution in [0.1, 0.15) is 5.69 Å². The summed E-state index contributed by atoms with van der Waals surface area (Å²) >= 11 is 0. The molecule has 3 heteroatoms. The third-order valence-electron chi connectivity index (χ3n) is 1.72. The first-order valence-corrected chi connectivity index (χ1v) is 3.78. The van der Waals surface area contributed by atoms with Gasteiger partial charge in [0, 0.05) is 18.1 Å². The van der Waals surface area contributed by atoms with E-state index in [1.54, 1.807) is 12.5 Å². The van der Waals surface area contributed by atoms with Crippen molar-refractivity contribution in [2.75, 3.05) is 0 Å². The number of imidazole rings is 1. The Bertz CT molecular complexity index is 364. The average Bonchev–Trinajstić information content (AvgIpc) is 2.53. The molecule has 3 nitrogen and oxygen atoms in total. The van der Waals surface area contributed by atoms with Crippen molar-refractivity contribution in [3.63, 3.8) is 0 Å². The molecule has 0 unspecified atom stereocenters. The molecule has 0 saturated carbocycles. The van der Waals surface area contributed by atoms with Crippen molar-refractivity contribution < 1.29 is 0 Å². The van der Waals surface area contributed by atoms with Crippen molar-refractivity contribution in [3.05, 3.63) is 42.6 Å². The number of pyridine rings is 1. The molecule has 0 fully saturated rings. The summed E-state index contributed by atoms with van der Waals surface area (Å²) in [6.45, 7) is 2.00. The minimum absolute atomic E-state index is 0.910. The Morgan fingerprint density at radius 2 is 2.25 bits per heavy atom. The minimum atomic E-state index is 0.910. The number of hydrogen-bond donors (Lipinski definition) is 0. The van der Waals surface area contributed by atoms with Gasteiger partial charge in [0.25, 0.3) is 0 Å². The van der Waals surface area contributed by atoms with Crippen LogP contribution in [0.2, 0.25) is 0 Å². The molecule has 0 radical (unpaired) electrons. The van der Waals surface area contributed by atoms with Gasteiger partial charge in [0.1, 0.15) is 12.1 Å². The molecular formula is C9H9N3. The Hall–Kier alpha value is -1.64. The van der Waals surface area contributed by atoms with Gasteiger partial charge in [0.05, 0.1) is 0 Å². The highest BCUT2D eigenvalue weighted by Crippen LogP contribution is 2.05. The van der Waals surface area contributed by atoms with Crippen LogP contribution in [0.15, 0.2) is 36.9 Å². The van der Waals surface area contributed by atoms with Gasteiger partial charge in [-0.15, -0.1) is 0 Å². The fourth-order valence-corrected chi connectivity index (χ4v) is 1.10. The van der Waals surface area contributed by atoms with Gasteiger partial charge in [0.15, 0.2) is 0 Å². The van der Waals surface area contributed by atoms with Crippen LogP contribution in [-0.2, 0) is 0 Å². The fourth-order valence-electron chi connectivity index (χ4n) is 1.10. The molecule has 60 valence electrons. The van der Waals surface area contributed by atoms with Crippen LogP contribution in [0.4, 0.5) is 0 Å². The molecule has 2 heterocycles. The Morgan fingerprint density at radius 3 is 2.83 bits per heavy atom. The molecule has 0 amide bonds. The van der Waals surface area contributed by atoms with Gasteiger partial charge in [-0.1, -0.05) is 6.07 Å². The molecule has 0 aliphatic rings. The third-order valence-corrected chi connectivity index (χ3v) is 1.72. The van der Waals surface area contributed by atoms with Gasteiger partial charge in [0.2, 0.25) is 0 Å². The SMILES string of the molecule is Cc1cncn1-c1ccccn1. The van der Waals surface area contributed by atoms with E-state index in [4.69, 9.17) is 0 Å². The molecule has 0 saturated heterocycles. The third kappa shape index (κ3) is 1.09. The lowest BCUT2D eigenvalue weighted by Gasteiger charge is -2.01. The molecule has 12 heavy (non-hydrogen) atoms. The van der Waals surface area contributed by atoms with Crippen LogP contribution in [0.3, 0.4) is 0 Å². The number of hydrogen-bond acceptors (Lipinski definition) is 2. The lowest BCUT2D eigenvalue weighted by molar-refractivity contribution is 0.953. The Labute approximate surface area is 70.7 Å². The van der Waals surface area contributed by atoms with Crippen LogP contribution in [-0.4, -0.2) is 14.5 Å². The molecule has 2 aromatic rings. The van der Waals surface area contributed by atoms with E-state index in [9.17, 15) is 0 Å². The maximum absolute atomic E-state index is 4.20. The predicted molar refractivity (Wildman–Crippen MR) is 46.1 cm³/mol. The smallest absolute Gasteiger partial charge is 0.137 e. The second kappa shape index (κ2) is 2.77. The lowest BCUT2D eigenvalue weighted by Crippen LogP contribution is -1.96. The zero-order valence-electron chi connectivity index (χ0n) is 6.81. The van der Waals surface area contributed by atoms with Crippen LogP contribution >= 0.6 is 0 Å². The van der Waals surface area contributed by atoms with E-state index in [1.165, 1.54) is 0 Å². The Balaban J connectivity index is 2.51. The maximum atomic E-state index is 4.20. The van der Waals surface area contributed by atoms with Crippen molar-refractivity contribution in [1.82, 2.24) is 14.5 Å². The van der Waals surface area contributed by atoms with Gasteiger partial charge in [-0.3, -0.25) is 4.57 Å². The van der Waals surface area contributed by atoms with E-state index >= 15 is 0 Å². The summed E-state index contributed by atoms with van der Waals surface area (Å²) in [5, 5.41) is 0. The topological polar surface area (TPSA) is 30.7 Å². The molecule has 0 aliphatic carbocycles. The molecule has 0 atom stereocenters. The van der Waals surface area contributed by atoms with Crippen LogP contribution in [0, 0.1) is 6.92 Å². The van der Waals surface area contributed by atoms with E-state index in [0.29, 0.717) is 0 Å². The molecule has 0 bridgehead atoms. The molecule has 0 spiro atoms.